The normalized spacial score (nSPS) is 15.0. The highest BCUT2D eigenvalue weighted by molar-refractivity contribution is 5.43. The van der Waals surface area contributed by atoms with Crippen molar-refractivity contribution in [3.05, 3.63) is 40.8 Å². The van der Waals surface area contributed by atoms with Crippen molar-refractivity contribution in [2.75, 3.05) is 7.11 Å². The summed E-state index contributed by atoms with van der Waals surface area (Å²) in [5.41, 5.74) is 3.07. The Labute approximate surface area is 143 Å². The quantitative estimate of drug-likeness (QED) is 0.834. The lowest BCUT2D eigenvalue weighted by atomic mass is 10.1. The van der Waals surface area contributed by atoms with Crippen molar-refractivity contribution in [1.29, 1.82) is 0 Å². The first kappa shape index (κ1) is 16.8. The monoisotopic (exact) mass is 330 g/mol. The molecule has 3 rings (SSSR count). The molecule has 0 radical (unpaired) electrons. The average molecular weight is 330 g/mol. The topological polar surface area (TPSA) is 56.5 Å². The lowest BCUT2D eigenvalue weighted by Crippen LogP contribution is -2.25. The van der Waals surface area contributed by atoms with Gasteiger partial charge < -0.3 is 19.3 Å². The zero-order chi connectivity index (χ0) is 16.9. The predicted octanol–water partition coefficient (Wildman–Crippen LogP) is 3.91. The Kier molecular flexibility index (Phi) is 5.41. The molecule has 0 atom stereocenters. The summed E-state index contributed by atoms with van der Waals surface area (Å²) in [5, 5.41) is 7.57. The van der Waals surface area contributed by atoms with Gasteiger partial charge in [-0.2, -0.15) is 0 Å². The highest BCUT2D eigenvalue weighted by Gasteiger charge is 2.15. The molecule has 1 N–H and O–H groups in total. The summed E-state index contributed by atoms with van der Waals surface area (Å²) < 4.78 is 16.6. The standard InChI is InChI=1S/C19H26N2O3/c1-13-17(14(2)24-21-13)12-23-18-9-8-15(10-19(18)22-3)11-20-16-6-4-5-7-16/h8-10,16,20H,4-7,11-12H2,1-3H3. The second-order valence-electron chi connectivity index (χ2n) is 6.44. The Balaban J connectivity index is 1.63. The van der Waals surface area contributed by atoms with E-state index in [1.807, 2.05) is 26.0 Å². The number of benzene rings is 1. The van der Waals surface area contributed by atoms with Gasteiger partial charge in [-0.25, -0.2) is 0 Å². The molecule has 1 fully saturated rings. The maximum Gasteiger partial charge on any atom is 0.161 e. The van der Waals surface area contributed by atoms with Gasteiger partial charge in [0.15, 0.2) is 11.5 Å². The summed E-state index contributed by atoms with van der Waals surface area (Å²) in [7, 11) is 1.67. The van der Waals surface area contributed by atoms with Crippen molar-refractivity contribution < 1.29 is 14.0 Å². The van der Waals surface area contributed by atoms with E-state index in [0.29, 0.717) is 12.6 Å². The number of hydrogen-bond donors (Lipinski definition) is 1. The van der Waals surface area contributed by atoms with Crippen LogP contribution in [0.5, 0.6) is 11.5 Å². The van der Waals surface area contributed by atoms with Gasteiger partial charge in [0.1, 0.15) is 12.4 Å². The fourth-order valence-corrected chi connectivity index (χ4v) is 3.19. The van der Waals surface area contributed by atoms with Gasteiger partial charge in [0, 0.05) is 12.6 Å². The number of nitrogens with zero attached hydrogens (tertiary/aromatic N) is 1. The van der Waals surface area contributed by atoms with Crippen LogP contribution in [0.2, 0.25) is 0 Å². The number of methoxy groups -OCH3 is 1. The van der Waals surface area contributed by atoms with Gasteiger partial charge in [-0.3, -0.25) is 0 Å². The van der Waals surface area contributed by atoms with Crippen LogP contribution in [0.1, 0.15) is 48.3 Å². The van der Waals surface area contributed by atoms with Crippen molar-refractivity contribution >= 4 is 0 Å². The summed E-state index contributed by atoms with van der Waals surface area (Å²) in [6.07, 6.45) is 5.26. The molecule has 0 aliphatic heterocycles. The number of ether oxygens (including phenoxy) is 2. The third-order valence-corrected chi connectivity index (χ3v) is 4.73. The van der Waals surface area contributed by atoms with Crippen LogP contribution in [0.4, 0.5) is 0 Å². The molecule has 5 nitrogen and oxygen atoms in total. The van der Waals surface area contributed by atoms with Gasteiger partial charge in [0.2, 0.25) is 0 Å². The van der Waals surface area contributed by atoms with Crippen LogP contribution in [0.15, 0.2) is 22.7 Å². The number of aryl methyl sites for hydroxylation is 2. The zero-order valence-corrected chi connectivity index (χ0v) is 14.7. The smallest absolute Gasteiger partial charge is 0.161 e. The van der Waals surface area contributed by atoms with Crippen LogP contribution in [-0.4, -0.2) is 18.3 Å². The SMILES string of the molecule is COc1cc(CNC2CCCC2)ccc1OCc1c(C)noc1C. The second-order valence-corrected chi connectivity index (χ2v) is 6.44. The van der Waals surface area contributed by atoms with Crippen molar-refractivity contribution in [2.45, 2.75) is 58.7 Å². The minimum atomic E-state index is 0.428. The van der Waals surface area contributed by atoms with Crippen molar-refractivity contribution in [2.24, 2.45) is 0 Å². The summed E-state index contributed by atoms with van der Waals surface area (Å²) in [6.45, 7) is 5.11. The molecule has 1 aromatic carbocycles. The Bertz CT molecular complexity index is 656. The average Bonchev–Trinajstić information content (AvgIpc) is 3.22. The maximum absolute atomic E-state index is 5.92. The van der Waals surface area contributed by atoms with Gasteiger partial charge >= 0.3 is 0 Å². The summed E-state index contributed by atoms with van der Waals surface area (Å²) >= 11 is 0. The first-order valence-corrected chi connectivity index (χ1v) is 8.62. The maximum atomic E-state index is 5.92. The highest BCUT2D eigenvalue weighted by atomic mass is 16.5. The van der Waals surface area contributed by atoms with E-state index in [2.05, 4.69) is 16.5 Å². The van der Waals surface area contributed by atoms with Gasteiger partial charge in [-0.15, -0.1) is 0 Å². The van der Waals surface area contributed by atoms with Crippen LogP contribution < -0.4 is 14.8 Å². The molecule has 130 valence electrons. The highest BCUT2D eigenvalue weighted by Crippen LogP contribution is 2.30. The summed E-state index contributed by atoms with van der Waals surface area (Å²) in [6, 6.07) is 6.77. The van der Waals surface area contributed by atoms with E-state index in [4.69, 9.17) is 14.0 Å². The largest absolute Gasteiger partial charge is 0.493 e. The van der Waals surface area contributed by atoms with E-state index in [9.17, 15) is 0 Å². The lowest BCUT2D eigenvalue weighted by Gasteiger charge is -2.14. The van der Waals surface area contributed by atoms with Crippen LogP contribution in [0.3, 0.4) is 0 Å². The molecule has 2 aromatic rings. The van der Waals surface area contributed by atoms with E-state index >= 15 is 0 Å². The van der Waals surface area contributed by atoms with Crippen molar-refractivity contribution in [3.8, 4) is 11.5 Å². The third-order valence-electron chi connectivity index (χ3n) is 4.73. The molecule has 1 aromatic heterocycles. The lowest BCUT2D eigenvalue weighted by molar-refractivity contribution is 0.281. The van der Waals surface area contributed by atoms with E-state index < -0.39 is 0 Å². The van der Waals surface area contributed by atoms with Crippen molar-refractivity contribution in [1.82, 2.24) is 10.5 Å². The molecule has 0 saturated heterocycles. The molecule has 1 saturated carbocycles. The number of aromatic nitrogens is 1. The number of nitrogens with one attached hydrogen (secondary N) is 1. The predicted molar refractivity (Wildman–Crippen MR) is 92.4 cm³/mol. The fourth-order valence-electron chi connectivity index (χ4n) is 3.19. The van der Waals surface area contributed by atoms with Crippen LogP contribution in [0, 0.1) is 13.8 Å². The Morgan fingerprint density at radius 3 is 2.67 bits per heavy atom. The number of rotatable bonds is 7. The first-order valence-electron chi connectivity index (χ1n) is 8.62. The number of hydrogen-bond acceptors (Lipinski definition) is 5. The molecule has 1 heterocycles. The Morgan fingerprint density at radius 2 is 2.00 bits per heavy atom. The van der Waals surface area contributed by atoms with E-state index in [-0.39, 0.29) is 0 Å². The van der Waals surface area contributed by atoms with Crippen LogP contribution in [0.25, 0.3) is 0 Å². The molecule has 24 heavy (non-hydrogen) atoms. The molecular weight excluding hydrogens is 304 g/mol. The van der Waals surface area contributed by atoms with Crippen LogP contribution in [-0.2, 0) is 13.2 Å². The van der Waals surface area contributed by atoms with Crippen LogP contribution >= 0.6 is 0 Å². The van der Waals surface area contributed by atoms with E-state index in [0.717, 1.165) is 35.1 Å². The minimum Gasteiger partial charge on any atom is -0.493 e. The third kappa shape index (κ3) is 3.90. The molecule has 5 heteroatoms. The Morgan fingerprint density at radius 1 is 1.21 bits per heavy atom. The van der Waals surface area contributed by atoms with E-state index in [1.54, 1.807) is 7.11 Å². The molecule has 1 aliphatic carbocycles. The van der Waals surface area contributed by atoms with E-state index in [1.165, 1.54) is 31.2 Å². The zero-order valence-electron chi connectivity index (χ0n) is 14.7. The fraction of sp³-hybridized carbons (Fsp3) is 0.526. The molecular formula is C19H26N2O3. The first-order chi connectivity index (χ1) is 11.7. The Hall–Kier alpha value is -2.01. The molecule has 0 amide bonds. The summed E-state index contributed by atoms with van der Waals surface area (Å²) in [4.78, 5) is 0. The minimum absolute atomic E-state index is 0.428. The molecule has 0 spiro atoms. The van der Waals surface area contributed by atoms with Gasteiger partial charge in [0.05, 0.1) is 18.4 Å². The summed E-state index contributed by atoms with van der Waals surface area (Å²) in [5.74, 6) is 2.29. The van der Waals surface area contributed by atoms with Gasteiger partial charge in [0.25, 0.3) is 0 Å². The molecule has 1 aliphatic rings. The molecule has 0 unspecified atom stereocenters. The van der Waals surface area contributed by atoms with Crippen molar-refractivity contribution in [3.63, 3.8) is 0 Å². The van der Waals surface area contributed by atoms with Gasteiger partial charge in [-0.1, -0.05) is 24.1 Å². The molecule has 0 bridgehead atoms. The van der Waals surface area contributed by atoms with Gasteiger partial charge in [-0.05, 0) is 44.4 Å². The second kappa shape index (κ2) is 7.71.